The van der Waals surface area contributed by atoms with Crippen LogP contribution in [0.5, 0.6) is 0 Å². The molecule has 1 aromatic rings. The van der Waals surface area contributed by atoms with E-state index in [1.54, 1.807) is 0 Å². The number of nitrogens with zero attached hydrogens (tertiary/aromatic N) is 2. The summed E-state index contributed by atoms with van der Waals surface area (Å²) in [4.78, 5) is 0. The predicted octanol–water partition coefficient (Wildman–Crippen LogP) is 2.16. The first-order chi connectivity index (χ1) is 11.3. The monoisotopic (exact) mass is 358 g/mol. The maximum atomic E-state index is 5.84. The number of aryl methyl sites for hydroxylation is 1. The minimum Gasteiger partial charge on any atom is -1.00 e. The molecule has 24 heavy (non-hydrogen) atoms. The Morgan fingerprint density at radius 2 is 1.46 bits per heavy atom. The van der Waals surface area contributed by atoms with Crippen molar-refractivity contribution in [2.45, 2.75) is 97.6 Å². The number of rotatable bonds is 15. The second-order valence-electron chi connectivity index (χ2n) is 6.76. The van der Waals surface area contributed by atoms with E-state index < -0.39 is 0 Å². The Morgan fingerprint density at radius 1 is 0.875 bits per heavy atom. The molecule has 4 heteroatoms. The Kier molecular flexibility index (Phi) is 15.6. The average Bonchev–Trinajstić information content (AvgIpc) is 2.89. The van der Waals surface area contributed by atoms with Gasteiger partial charge >= 0.3 is 0 Å². The van der Waals surface area contributed by atoms with Gasteiger partial charge in [0.1, 0.15) is 12.4 Å². The van der Waals surface area contributed by atoms with Gasteiger partial charge in [0, 0.05) is 6.42 Å². The van der Waals surface area contributed by atoms with E-state index in [0.29, 0.717) is 6.73 Å². The first-order valence-corrected chi connectivity index (χ1v) is 9.91. The number of imidazole rings is 1. The molecule has 142 valence electrons. The van der Waals surface area contributed by atoms with Crippen LogP contribution in [0.3, 0.4) is 0 Å². The first-order valence-electron chi connectivity index (χ1n) is 9.91. The Bertz CT molecular complexity index is 393. The van der Waals surface area contributed by atoms with Crippen LogP contribution >= 0.6 is 0 Å². The molecule has 1 aromatic heterocycles. The second kappa shape index (κ2) is 16.0. The molecule has 0 bridgehead atoms. The predicted molar refractivity (Wildman–Crippen MR) is 97.4 cm³/mol. The molecule has 0 N–H and O–H groups in total. The fourth-order valence-electron chi connectivity index (χ4n) is 3.07. The molecule has 0 radical (unpaired) electrons. The number of hydrogen-bond acceptors (Lipinski definition) is 1. The van der Waals surface area contributed by atoms with Crippen LogP contribution in [-0.2, 0) is 24.9 Å². The lowest BCUT2D eigenvalue weighted by atomic mass is 10.1. The fourth-order valence-corrected chi connectivity index (χ4v) is 3.07. The lowest BCUT2D eigenvalue weighted by Crippen LogP contribution is -3.00. The van der Waals surface area contributed by atoms with E-state index in [4.69, 9.17) is 4.74 Å². The summed E-state index contributed by atoms with van der Waals surface area (Å²) in [6, 6.07) is 0. The maximum absolute atomic E-state index is 5.84. The summed E-state index contributed by atoms with van der Waals surface area (Å²) in [5.74, 6) is 1.36. The first kappa shape index (κ1) is 23.5. The molecule has 0 atom stereocenters. The Morgan fingerprint density at radius 3 is 2.04 bits per heavy atom. The van der Waals surface area contributed by atoms with Gasteiger partial charge in [0.05, 0.1) is 13.7 Å². The normalized spacial score (nSPS) is 10.8. The van der Waals surface area contributed by atoms with Gasteiger partial charge in [-0.15, -0.1) is 0 Å². The standard InChI is InChI=1S/C20H39N2O.ClH/c1-4-6-7-8-9-10-11-12-13-14-18-23-19-22-17-16-21(3)20(22)15-5-2;/h16-17H,4-15,18-19H2,1-3H3;1H/q+1;/p-1. The molecule has 1 rings (SSSR count). The molecule has 0 aliphatic heterocycles. The van der Waals surface area contributed by atoms with Crippen molar-refractivity contribution in [1.29, 1.82) is 0 Å². The number of aromatic nitrogens is 2. The van der Waals surface area contributed by atoms with Crippen molar-refractivity contribution >= 4 is 0 Å². The van der Waals surface area contributed by atoms with Crippen LogP contribution in [0, 0.1) is 0 Å². The number of hydrogen-bond donors (Lipinski definition) is 0. The number of halogens is 1. The van der Waals surface area contributed by atoms with Gasteiger partial charge in [-0.1, -0.05) is 71.6 Å². The van der Waals surface area contributed by atoms with E-state index in [-0.39, 0.29) is 12.4 Å². The van der Waals surface area contributed by atoms with E-state index in [1.165, 1.54) is 76.5 Å². The van der Waals surface area contributed by atoms with Crippen molar-refractivity contribution in [3.05, 3.63) is 18.2 Å². The number of unbranched alkanes of at least 4 members (excludes halogenated alkanes) is 9. The summed E-state index contributed by atoms with van der Waals surface area (Å²) >= 11 is 0. The molecule has 3 nitrogen and oxygen atoms in total. The van der Waals surface area contributed by atoms with E-state index in [1.807, 2.05) is 0 Å². The molecule has 0 saturated heterocycles. The highest BCUT2D eigenvalue weighted by Gasteiger charge is 2.12. The molecule has 0 aromatic carbocycles. The average molecular weight is 359 g/mol. The van der Waals surface area contributed by atoms with Gasteiger partial charge in [-0.25, -0.2) is 9.13 Å². The highest BCUT2D eigenvalue weighted by Crippen LogP contribution is 2.10. The SMILES string of the molecule is CCCCCCCCCCCCOCn1cc[n+](C)c1CCC.[Cl-]. The lowest BCUT2D eigenvalue weighted by Gasteiger charge is -2.05. The molecule has 0 amide bonds. The molecule has 0 saturated carbocycles. The smallest absolute Gasteiger partial charge is 0.258 e. The topological polar surface area (TPSA) is 18.0 Å². The molecular formula is C20H39ClN2O. The van der Waals surface area contributed by atoms with Crippen LogP contribution in [0.2, 0.25) is 0 Å². The maximum Gasteiger partial charge on any atom is 0.258 e. The summed E-state index contributed by atoms with van der Waals surface area (Å²) in [5.41, 5.74) is 0. The summed E-state index contributed by atoms with van der Waals surface area (Å²) in [5, 5.41) is 0. The van der Waals surface area contributed by atoms with Gasteiger partial charge in [0.2, 0.25) is 0 Å². The van der Waals surface area contributed by atoms with Crippen LogP contribution in [-0.4, -0.2) is 11.2 Å². The van der Waals surface area contributed by atoms with E-state index >= 15 is 0 Å². The van der Waals surface area contributed by atoms with Crippen molar-refractivity contribution in [3.63, 3.8) is 0 Å². The van der Waals surface area contributed by atoms with E-state index in [2.05, 4.69) is 42.4 Å². The van der Waals surface area contributed by atoms with Gasteiger partial charge < -0.3 is 17.1 Å². The minimum atomic E-state index is 0. The number of ether oxygens (including phenoxy) is 1. The van der Waals surface area contributed by atoms with Crippen molar-refractivity contribution in [1.82, 2.24) is 4.57 Å². The molecule has 0 spiro atoms. The van der Waals surface area contributed by atoms with Gasteiger partial charge in [-0.3, -0.25) is 0 Å². The van der Waals surface area contributed by atoms with Crippen molar-refractivity contribution in [3.8, 4) is 0 Å². The fraction of sp³-hybridized carbons (Fsp3) is 0.850. The zero-order chi connectivity index (χ0) is 16.8. The molecule has 0 unspecified atom stereocenters. The third kappa shape index (κ3) is 10.4. The van der Waals surface area contributed by atoms with E-state index in [9.17, 15) is 0 Å². The van der Waals surface area contributed by atoms with Gasteiger partial charge in [0.25, 0.3) is 5.82 Å². The zero-order valence-electron chi connectivity index (χ0n) is 16.2. The highest BCUT2D eigenvalue weighted by atomic mass is 35.5. The lowest BCUT2D eigenvalue weighted by molar-refractivity contribution is -0.679. The summed E-state index contributed by atoms with van der Waals surface area (Å²) in [6.45, 7) is 6.10. The van der Waals surface area contributed by atoms with Gasteiger partial charge in [-0.2, -0.15) is 0 Å². The van der Waals surface area contributed by atoms with Crippen molar-refractivity contribution in [2.75, 3.05) is 6.61 Å². The summed E-state index contributed by atoms with van der Waals surface area (Å²) in [7, 11) is 2.11. The Balaban J connectivity index is 0.00000529. The van der Waals surface area contributed by atoms with Crippen molar-refractivity contribution < 1.29 is 21.7 Å². The van der Waals surface area contributed by atoms with Gasteiger partial charge in [-0.05, 0) is 12.8 Å². The summed E-state index contributed by atoms with van der Waals surface area (Å²) in [6.07, 6.45) is 20.3. The third-order valence-corrected chi connectivity index (χ3v) is 4.56. The van der Waals surface area contributed by atoms with E-state index in [0.717, 1.165) is 13.0 Å². The van der Waals surface area contributed by atoms with Crippen LogP contribution < -0.4 is 17.0 Å². The van der Waals surface area contributed by atoms with Crippen LogP contribution in [0.1, 0.15) is 90.3 Å². The molecule has 0 fully saturated rings. The highest BCUT2D eigenvalue weighted by molar-refractivity contribution is 4.82. The van der Waals surface area contributed by atoms with Crippen molar-refractivity contribution in [2.24, 2.45) is 7.05 Å². The Labute approximate surface area is 156 Å². The zero-order valence-corrected chi connectivity index (χ0v) is 17.0. The molecule has 0 aliphatic rings. The quantitative estimate of drug-likeness (QED) is 0.347. The largest absolute Gasteiger partial charge is 1.00 e. The summed E-state index contributed by atoms with van der Waals surface area (Å²) < 4.78 is 10.3. The van der Waals surface area contributed by atoms with Crippen LogP contribution in [0.25, 0.3) is 0 Å². The molecular weight excluding hydrogens is 320 g/mol. The van der Waals surface area contributed by atoms with Crippen LogP contribution in [0.15, 0.2) is 12.4 Å². The van der Waals surface area contributed by atoms with Crippen LogP contribution in [0.4, 0.5) is 0 Å². The van der Waals surface area contributed by atoms with Gasteiger partial charge in [0.15, 0.2) is 6.73 Å². The minimum absolute atomic E-state index is 0. The molecule has 0 aliphatic carbocycles. The second-order valence-corrected chi connectivity index (χ2v) is 6.76. The molecule has 1 heterocycles. The Hall–Kier alpha value is -0.540. The third-order valence-electron chi connectivity index (χ3n) is 4.56.